The molecule has 1 saturated heterocycles. The Bertz CT molecular complexity index is 877. The van der Waals surface area contributed by atoms with Gasteiger partial charge in [0.1, 0.15) is 11.0 Å². The number of fused-ring (bicyclic) bond motifs is 1. The first kappa shape index (κ1) is 17.9. The van der Waals surface area contributed by atoms with E-state index in [0.717, 1.165) is 49.2 Å². The summed E-state index contributed by atoms with van der Waals surface area (Å²) in [5.41, 5.74) is 3.50. The molecular formula is C22H25N3O2S. The number of anilines is 1. The van der Waals surface area contributed by atoms with Gasteiger partial charge < -0.3 is 10.2 Å². The van der Waals surface area contributed by atoms with Crippen LogP contribution in [0.25, 0.3) is 0 Å². The van der Waals surface area contributed by atoms with Crippen molar-refractivity contribution >= 4 is 28.2 Å². The molecule has 1 aromatic heterocycles. The fraction of sp³-hybridized carbons (Fsp3) is 0.500. The highest BCUT2D eigenvalue weighted by molar-refractivity contribution is 7.14. The molecule has 0 spiro atoms. The molecule has 1 aromatic carbocycles. The number of amides is 2. The average molecular weight is 396 g/mol. The standard InChI is InChI=1S/C22H25N3O2S/c26-20(24-21-19(14-10-11-14)23-13-28-21)18-12-16-8-4-5-9-17(16)25(18)22(27)15-6-2-1-3-7-15/h1-3,6-7,13-14,16-18H,4-5,8-12H2,(H,24,26). The van der Waals surface area contributed by atoms with Crippen LogP contribution in [-0.2, 0) is 4.79 Å². The lowest BCUT2D eigenvalue weighted by atomic mass is 9.84. The molecule has 2 aliphatic carbocycles. The van der Waals surface area contributed by atoms with Gasteiger partial charge in [0.25, 0.3) is 5.91 Å². The Labute approximate surface area is 169 Å². The zero-order chi connectivity index (χ0) is 19.1. The summed E-state index contributed by atoms with van der Waals surface area (Å²) in [6, 6.07) is 9.17. The minimum absolute atomic E-state index is 0.0122. The van der Waals surface area contributed by atoms with Crippen molar-refractivity contribution in [2.45, 2.75) is 62.9 Å². The molecule has 2 aromatic rings. The maximum absolute atomic E-state index is 13.3. The summed E-state index contributed by atoms with van der Waals surface area (Å²) in [6.45, 7) is 0. The van der Waals surface area contributed by atoms with Crippen molar-refractivity contribution in [1.29, 1.82) is 0 Å². The first-order valence-electron chi connectivity index (χ1n) is 10.3. The first-order valence-corrected chi connectivity index (χ1v) is 11.2. The van der Waals surface area contributed by atoms with Crippen molar-refractivity contribution in [3.63, 3.8) is 0 Å². The van der Waals surface area contributed by atoms with Crippen LogP contribution in [0.5, 0.6) is 0 Å². The highest BCUT2D eigenvalue weighted by atomic mass is 32.1. The minimum Gasteiger partial charge on any atom is -0.323 e. The molecule has 28 heavy (non-hydrogen) atoms. The lowest BCUT2D eigenvalue weighted by Crippen LogP contribution is -2.47. The fourth-order valence-corrected chi connectivity index (χ4v) is 5.68. The van der Waals surface area contributed by atoms with Crippen LogP contribution < -0.4 is 5.32 Å². The van der Waals surface area contributed by atoms with Gasteiger partial charge in [-0.2, -0.15) is 0 Å². The van der Waals surface area contributed by atoms with E-state index in [2.05, 4.69) is 10.3 Å². The Morgan fingerprint density at radius 3 is 2.64 bits per heavy atom. The largest absolute Gasteiger partial charge is 0.323 e. The van der Waals surface area contributed by atoms with Gasteiger partial charge in [-0.3, -0.25) is 9.59 Å². The summed E-state index contributed by atoms with van der Waals surface area (Å²) < 4.78 is 0. The van der Waals surface area contributed by atoms with Crippen LogP contribution in [0.15, 0.2) is 35.8 Å². The van der Waals surface area contributed by atoms with Crippen molar-refractivity contribution in [3.8, 4) is 0 Å². The summed E-state index contributed by atoms with van der Waals surface area (Å²) in [4.78, 5) is 33.0. The topological polar surface area (TPSA) is 62.3 Å². The van der Waals surface area contributed by atoms with E-state index >= 15 is 0 Å². The summed E-state index contributed by atoms with van der Waals surface area (Å²) in [6.07, 6.45) is 7.52. The molecule has 146 valence electrons. The lowest BCUT2D eigenvalue weighted by Gasteiger charge is -2.33. The van der Waals surface area contributed by atoms with Gasteiger partial charge >= 0.3 is 0 Å². The van der Waals surface area contributed by atoms with Crippen LogP contribution in [-0.4, -0.2) is 33.8 Å². The second kappa shape index (κ2) is 7.32. The molecule has 3 atom stereocenters. The quantitative estimate of drug-likeness (QED) is 0.833. The number of nitrogens with zero attached hydrogens (tertiary/aromatic N) is 2. The number of carbonyl (C=O) groups excluding carboxylic acids is 2. The molecule has 2 amide bonds. The number of carbonyl (C=O) groups is 2. The van der Waals surface area contributed by atoms with Crippen molar-refractivity contribution in [2.75, 3.05) is 5.32 Å². The van der Waals surface area contributed by atoms with Gasteiger partial charge in [0.2, 0.25) is 5.91 Å². The Morgan fingerprint density at radius 1 is 1.07 bits per heavy atom. The third-order valence-electron chi connectivity index (χ3n) is 6.44. The van der Waals surface area contributed by atoms with E-state index in [9.17, 15) is 9.59 Å². The van der Waals surface area contributed by atoms with Gasteiger partial charge in [0.05, 0.1) is 11.2 Å². The predicted octanol–water partition coefficient (Wildman–Crippen LogP) is 4.43. The molecule has 0 bridgehead atoms. The molecule has 5 rings (SSSR count). The van der Waals surface area contributed by atoms with Crippen molar-refractivity contribution in [3.05, 3.63) is 47.1 Å². The highest BCUT2D eigenvalue weighted by Gasteiger charge is 2.47. The minimum atomic E-state index is -0.394. The number of hydrogen-bond acceptors (Lipinski definition) is 4. The summed E-state index contributed by atoms with van der Waals surface area (Å²) in [5, 5.41) is 3.99. The fourth-order valence-electron chi connectivity index (χ4n) is 4.91. The summed E-state index contributed by atoms with van der Waals surface area (Å²) in [7, 11) is 0. The Balaban J connectivity index is 1.41. The average Bonchev–Trinajstić information content (AvgIpc) is 3.34. The van der Waals surface area contributed by atoms with Crippen molar-refractivity contribution < 1.29 is 9.59 Å². The number of likely N-dealkylation sites (tertiary alicyclic amines) is 1. The molecule has 2 saturated carbocycles. The van der Waals surface area contributed by atoms with Gasteiger partial charge in [0, 0.05) is 17.5 Å². The van der Waals surface area contributed by atoms with E-state index in [-0.39, 0.29) is 17.9 Å². The number of thiazole rings is 1. The molecule has 3 fully saturated rings. The third-order valence-corrected chi connectivity index (χ3v) is 7.20. The Hall–Kier alpha value is -2.21. The molecule has 1 N–H and O–H groups in total. The van der Waals surface area contributed by atoms with Crippen LogP contribution >= 0.6 is 11.3 Å². The Morgan fingerprint density at radius 2 is 1.86 bits per heavy atom. The van der Waals surface area contributed by atoms with Crippen LogP contribution in [0, 0.1) is 5.92 Å². The van der Waals surface area contributed by atoms with E-state index in [1.807, 2.05) is 40.7 Å². The SMILES string of the molecule is O=C(Nc1scnc1C1CC1)C1CC2CCCCC2N1C(=O)c1ccccc1. The van der Waals surface area contributed by atoms with Gasteiger partial charge in [-0.15, -0.1) is 11.3 Å². The predicted molar refractivity (Wildman–Crippen MR) is 109 cm³/mol. The second-order valence-electron chi connectivity index (χ2n) is 8.27. The normalized spacial score (nSPS) is 26.7. The molecule has 3 unspecified atom stereocenters. The lowest BCUT2D eigenvalue weighted by molar-refractivity contribution is -0.120. The number of nitrogens with one attached hydrogen (secondary N) is 1. The highest BCUT2D eigenvalue weighted by Crippen LogP contribution is 2.45. The van der Waals surface area contributed by atoms with E-state index in [1.54, 1.807) is 0 Å². The number of aromatic nitrogens is 1. The van der Waals surface area contributed by atoms with Gasteiger partial charge in [-0.1, -0.05) is 31.0 Å². The molecular weight excluding hydrogens is 370 g/mol. The Kier molecular flexibility index (Phi) is 4.67. The van der Waals surface area contributed by atoms with E-state index < -0.39 is 6.04 Å². The van der Waals surface area contributed by atoms with Crippen LogP contribution in [0.1, 0.15) is 66.9 Å². The summed E-state index contributed by atoms with van der Waals surface area (Å²) >= 11 is 1.49. The summed E-state index contributed by atoms with van der Waals surface area (Å²) in [5.74, 6) is 0.864. The van der Waals surface area contributed by atoms with Crippen molar-refractivity contribution in [1.82, 2.24) is 9.88 Å². The van der Waals surface area contributed by atoms with Crippen LogP contribution in [0.2, 0.25) is 0 Å². The zero-order valence-electron chi connectivity index (χ0n) is 15.8. The van der Waals surface area contributed by atoms with Crippen LogP contribution in [0.4, 0.5) is 5.00 Å². The maximum Gasteiger partial charge on any atom is 0.254 e. The zero-order valence-corrected chi connectivity index (χ0v) is 16.7. The number of benzene rings is 1. The molecule has 6 heteroatoms. The molecule has 0 radical (unpaired) electrons. The molecule has 1 aliphatic heterocycles. The van der Waals surface area contributed by atoms with E-state index in [1.165, 1.54) is 17.8 Å². The monoisotopic (exact) mass is 395 g/mol. The smallest absolute Gasteiger partial charge is 0.254 e. The van der Waals surface area contributed by atoms with Crippen molar-refractivity contribution in [2.24, 2.45) is 5.92 Å². The number of hydrogen-bond donors (Lipinski definition) is 1. The molecule has 2 heterocycles. The van der Waals surface area contributed by atoms with Crippen LogP contribution in [0.3, 0.4) is 0 Å². The third kappa shape index (κ3) is 3.24. The first-order chi connectivity index (χ1) is 13.7. The van der Waals surface area contributed by atoms with Gasteiger partial charge in [-0.05, 0) is 50.2 Å². The van der Waals surface area contributed by atoms with E-state index in [4.69, 9.17) is 0 Å². The van der Waals surface area contributed by atoms with E-state index in [0.29, 0.717) is 17.4 Å². The molecule has 5 nitrogen and oxygen atoms in total. The maximum atomic E-state index is 13.3. The van der Waals surface area contributed by atoms with Gasteiger partial charge in [-0.25, -0.2) is 4.98 Å². The van der Waals surface area contributed by atoms with Gasteiger partial charge in [0.15, 0.2) is 0 Å². The second-order valence-corrected chi connectivity index (χ2v) is 9.13. The molecule has 3 aliphatic rings. The number of rotatable bonds is 4.